The molecule has 5 unspecified atom stereocenters. The van der Waals surface area contributed by atoms with E-state index in [1.165, 1.54) is 12.5 Å². The summed E-state index contributed by atoms with van der Waals surface area (Å²) in [5.41, 5.74) is 11.2. The molecule has 0 aromatic carbocycles. The van der Waals surface area contributed by atoms with Gasteiger partial charge in [-0.2, -0.15) is 12.6 Å². The van der Waals surface area contributed by atoms with Crippen LogP contribution in [0.25, 0.3) is 0 Å². The van der Waals surface area contributed by atoms with Crippen molar-refractivity contribution in [2.45, 2.75) is 57.3 Å². The van der Waals surface area contributed by atoms with Crippen LogP contribution in [0.3, 0.4) is 0 Å². The summed E-state index contributed by atoms with van der Waals surface area (Å²) in [5.74, 6) is -4.73. The number of thiol groups is 1. The number of amides is 4. The summed E-state index contributed by atoms with van der Waals surface area (Å²) in [6.45, 7) is 3.52. The van der Waals surface area contributed by atoms with Crippen LogP contribution < -0.4 is 27.4 Å². The lowest BCUT2D eigenvalue weighted by molar-refractivity contribution is -0.141. The van der Waals surface area contributed by atoms with Gasteiger partial charge in [-0.1, -0.05) is 20.3 Å². The molecule has 0 fully saturated rings. The molecule has 0 bridgehead atoms. The van der Waals surface area contributed by atoms with Crippen molar-refractivity contribution in [1.82, 2.24) is 25.9 Å². The number of aliphatic carboxylic acids is 1. The summed E-state index contributed by atoms with van der Waals surface area (Å²) in [4.78, 5) is 67.2. The Labute approximate surface area is 196 Å². The molecule has 14 heteroatoms. The number of aromatic amines is 1. The Balaban J connectivity index is 3.05. The molecule has 0 radical (unpaired) electrons. The van der Waals surface area contributed by atoms with Crippen molar-refractivity contribution in [2.24, 2.45) is 17.4 Å². The van der Waals surface area contributed by atoms with E-state index in [4.69, 9.17) is 11.5 Å². The maximum absolute atomic E-state index is 13.1. The Morgan fingerprint density at radius 2 is 1.76 bits per heavy atom. The van der Waals surface area contributed by atoms with E-state index in [1.54, 1.807) is 13.8 Å². The number of nitrogens with two attached hydrogens (primary N) is 2. The van der Waals surface area contributed by atoms with Crippen molar-refractivity contribution in [2.75, 3.05) is 5.75 Å². The van der Waals surface area contributed by atoms with Crippen LogP contribution in [0.2, 0.25) is 0 Å². The Bertz CT molecular complexity index is 835. The van der Waals surface area contributed by atoms with E-state index < -0.39 is 60.2 Å². The number of carboxylic acids is 1. The van der Waals surface area contributed by atoms with Crippen molar-refractivity contribution < 1.29 is 29.1 Å². The monoisotopic (exact) mass is 485 g/mol. The Morgan fingerprint density at radius 3 is 2.24 bits per heavy atom. The van der Waals surface area contributed by atoms with E-state index in [0.29, 0.717) is 12.1 Å². The van der Waals surface area contributed by atoms with Crippen LogP contribution in [0.15, 0.2) is 12.5 Å². The van der Waals surface area contributed by atoms with E-state index in [2.05, 4.69) is 38.5 Å². The highest BCUT2D eigenvalue weighted by atomic mass is 32.1. The second-order valence-electron chi connectivity index (χ2n) is 7.57. The van der Waals surface area contributed by atoms with Gasteiger partial charge in [-0.05, 0) is 5.92 Å². The van der Waals surface area contributed by atoms with Crippen molar-refractivity contribution in [3.8, 4) is 0 Å². The number of H-pyrrole nitrogens is 1. The molecular weight excluding hydrogens is 454 g/mol. The molecule has 0 aliphatic carbocycles. The minimum absolute atomic E-state index is 0.0150. The topological polar surface area (TPSA) is 222 Å². The van der Waals surface area contributed by atoms with Gasteiger partial charge in [0.2, 0.25) is 23.6 Å². The number of hydrogen-bond acceptors (Lipinski definition) is 8. The zero-order valence-electron chi connectivity index (χ0n) is 18.4. The van der Waals surface area contributed by atoms with Crippen molar-refractivity contribution in [3.05, 3.63) is 18.2 Å². The third-order valence-corrected chi connectivity index (χ3v) is 5.33. The Kier molecular flexibility index (Phi) is 11.4. The molecular formula is C19H31N7O6S. The molecule has 9 N–H and O–H groups in total. The molecule has 13 nitrogen and oxygen atoms in total. The van der Waals surface area contributed by atoms with Crippen LogP contribution in [-0.4, -0.2) is 74.6 Å². The number of aromatic nitrogens is 2. The van der Waals surface area contributed by atoms with Gasteiger partial charge in [0.25, 0.3) is 0 Å². The first-order valence-electron chi connectivity index (χ1n) is 10.3. The molecule has 0 saturated heterocycles. The average Bonchev–Trinajstić information content (AvgIpc) is 3.26. The zero-order chi connectivity index (χ0) is 25.1. The normalized spacial score (nSPS) is 15.4. The summed E-state index contributed by atoms with van der Waals surface area (Å²) in [6, 6.07) is -4.75. The maximum Gasteiger partial charge on any atom is 0.327 e. The van der Waals surface area contributed by atoms with Gasteiger partial charge in [-0.25, -0.2) is 9.78 Å². The van der Waals surface area contributed by atoms with E-state index in [0.717, 1.165) is 0 Å². The minimum atomic E-state index is -1.28. The third kappa shape index (κ3) is 9.10. The maximum atomic E-state index is 13.1. The Morgan fingerprint density at radius 1 is 1.12 bits per heavy atom. The highest BCUT2D eigenvalue weighted by Crippen LogP contribution is 2.10. The van der Waals surface area contributed by atoms with Crippen molar-refractivity contribution in [1.29, 1.82) is 0 Å². The quantitative estimate of drug-likeness (QED) is 0.133. The number of carbonyl (C=O) groups excluding carboxylic acids is 4. The van der Waals surface area contributed by atoms with Crippen LogP contribution in [-0.2, 0) is 30.4 Å². The number of nitrogens with zero attached hydrogens (tertiary/aromatic N) is 1. The van der Waals surface area contributed by atoms with Crippen LogP contribution >= 0.6 is 12.6 Å². The lowest BCUT2D eigenvalue weighted by Crippen LogP contribution is -2.59. The first-order chi connectivity index (χ1) is 15.5. The summed E-state index contributed by atoms with van der Waals surface area (Å²) < 4.78 is 0. The Hall–Kier alpha value is -3.13. The van der Waals surface area contributed by atoms with E-state index in [-0.39, 0.29) is 18.1 Å². The smallest absolute Gasteiger partial charge is 0.327 e. The first-order valence-corrected chi connectivity index (χ1v) is 10.9. The summed E-state index contributed by atoms with van der Waals surface area (Å²) >= 11 is 3.92. The lowest BCUT2D eigenvalue weighted by atomic mass is 9.97. The predicted molar refractivity (Wildman–Crippen MR) is 121 cm³/mol. The molecule has 1 aromatic heterocycles. The molecule has 184 valence electrons. The molecule has 1 rings (SSSR count). The standard InChI is InChI=1S/C19H31N7O6S/c1-3-9(2)15(26-16(28)11(20)5-14(21)27)18(30)24-12(4-10-6-22-8-23-10)17(29)25-13(7-33)19(31)32/h6,8-9,11-13,15,33H,3-5,7,20H2,1-2H3,(H2,21,27)(H,22,23)(H,24,30)(H,25,29)(H,26,28)(H,31,32). The molecule has 1 heterocycles. The van der Waals surface area contributed by atoms with Gasteiger partial charge in [0, 0.05) is 24.1 Å². The van der Waals surface area contributed by atoms with Gasteiger partial charge in [-0.15, -0.1) is 0 Å². The highest BCUT2D eigenvalue weighted by Gasteiger charge is 2.32. The number of hydrogen-bond donors (Lipinski definition) is 8. The molecule has 0 saturated carbocycles. The first kappa shape index (κ1) is 27.9. The van der Waals surface area contributed by atoms with Gasteiger partial charge in [0.15, 0.2) is 0 Å². The number of carboxylic acid groups (broad SMARTS) is 1. The van der Waals surface area contributed by atoms with E-state index in [9.17, 15) is 29.1 Å². The van der Waals surface area contributed by atoms with Gasteiger partial charge < -0.3 is 37.5 Å². The fourth-order valence-corrected chi connectivity index (χ4v) is 3.06. The van der Waals surface area contributed by atoms with Crippen LogP contribution in [0.5, 0.6) is 0 Å². The molecule has 5 atom stereocenters. The second kappa shape index (κ2) is 13.4. The molecule has 4 amide bonds. The van der Waals surface area contributed by atoms with Gasteiger partial charge in [0.05, 0.1) is 18.8 Å². The number of carbonyl (C=O) groups is 5. The van der Waals surface area contributed by atoms with Crippen LogP contribution in [0.1, 0.15) is 32.4 Å². The molecule has 1 aromatic rings. The van der Waals surface area contributed by atoms with Crippen LogP contribution in [0.4, 0.5) is 0 Å². The highest BCUT2D eigenvalue weighted by molar-refractivity contribution is 7.80. The third-order valence-electron chi connectivity index (χ3n) is 4.96. The van der Waals surface area contributed by atoms with Gasteiger partial charge in [0.1, 0.15) is 18.1 Å². The average molecular weight is 486 g/mol. The van der Waals surface area contributed by atoms with Crippen molar-refractivity contribution in [3.63, 3.8) is 0 Å². The van der Waals surface area contributed by atoms with E-state index in [1.807, 2.05) is 0 Å². The minimum Gasteiger partial charge on any atom is -0.480 e. The number of rotatable bonds is 14. The van der Waals surface area contributed by atoms with Crippen molar-refractivity contribution >= 4 is 42.2 Å². The second-order valence-corrected chi connectivity index (χ2v) is 7.94. The largest absolute Gasteiger partial charge is 0.480 e. The summed E-state index contributed by atoms with van der Waals surface area (Å²) in [6.07, 6.45) is 2.94. The number of imidazole rings is 1. The zero-order valence-corrected chi connectivity index (χ0v) is 19.3. The SMILES string of the molecule is CCC(C)C(NC(=O)C(N)CC(N)=O)C(=O)NC(Cc1cnc[nH]1)C(=O)NC(CS)C(=O)O. The summed E-state index contributed by atoms with van der Waals surface area (Å²) in [7, 11) is 0. The molecule has 0 aliphatic rings. The molecule has 0 aliphatic heterocycles. The lowest BCUT2D eigenvalue weighted by Gasteiger charge is -2.27. The van der Waals surface area contributed by atoms with Gasteiger partial charge >= 0.3 is 5.97 Å². The summed E-state index contributed by atoms with van der Waals surface area (Å²) in [5, 5.41) is 16.6. The van der Waals surface area contributed by atoms with Crippen LogP contribution in [0, 0.1) is 5.92 Å². The molecule has 0 spiro atoms. The molecule has 33 heavy (non-hydrogen) atoms. The fraction of sp³-hybridized carbons (Fsp3) is 0.579. The van der Waals surface area contributed by atoms with Gasteiger partial charge in [-0.3, -0.25) is 19.2 Å². The predicted octanol–water partition coefficient (Wildman–Crippen LogP) is -2.33. The number of nitrogens with one attached hydrogen (secondary N) is 4. The van der Waals surface area contributed by atoms with E-state index >= 15 is 0 Å². The number of primary amides is 1. The fourth-order valence-electron chi connectivity index (χ4n) is 2.82.